The molecule has 0 bridgehead atoms. The topological polar surface area (TPSA) is 76.4 Å². The fourth-order valence-corrected chi connectivity index (χ4v) is 1.97. The van der Waals surface area contributed by atoms with Gasteiger partial charge >= 0.3 is 6.18 Å². The molecule has 2 aromatic rings. The molecule has 1 aromatic carbocycles. The van der Waals surface area contributed by atoms with Crippen molar-refractivity contribution in [2.24, 2.45) is 0 Å². The summed E-state index contributed by atoms with van der Waals surface area (Å²) in [5.41, 5.74) is -0.735. The van der Waals surface area contributed by atoms with E-state index in [1.807, 2.05) is 6.92 Å². The second-order valence-electron chi connectivity index (χ2n) is 5.28. The minimum Gasteiger partial charge on any atom is -0.491 e. The van der Waals surface area contributed by atoms with Gasteiger partial charge in [0.1, 0.15) is 11.5 Å². The van der Waals surface area contributed by atoms with Crippen LogP contribution < -0.4 is 15.4 Å². The molecule has 0 aliphatic heterocycles. The van der Waals surface area contributed by atoms with E-state index in [9.17, 15) is 18.0 Å². The molecule has 2 N–H and O–H groups in total. The molecule has 6 nitrogen and oxygen atoms in total. The number of nitrogens with one attached hydrogen (secondary N) is 2. The van der Waals surface area contributed by atoms with Crippen LogP contribution in [0.4, 0.5) is 24.7 Å². The zero-order valence-corrected chi connectivity index (χ0v) is 13.7. The first-order valence-electron chi connectivity index (χ1n) is 7.60. The summed E-state index contributed by atoms with van der Waals surface area (Å²) < 4.78 is 48.9. The summed E-state index contributed by atoms with van der Waals surface area (Å²) in [6, 6.07) is 4.62. The summed E-state index contributed by atoms with van der Waals surface area (Å²) in [7, 11) is 0. The van der Waals surface area contributed by atoms with E-state index >= 15 is 0 Å². The Hall–Kier alpha value is -2.71. The standard InChI is InChI=1S/C16H18F3N3O3/c1-3-6-24-13-5-4-11(16(17,18)19)8-12(13)20-9-15(23)21-14-7-10(2)25-22-14/h4-5,7-8,20H,3,6,9H2,1-2H3,(H,21,22,23). The van der Waals surface area contributed by atoms with Crippen LogP contribution in [0.25, 0.3) is 0 Å². The lowest BCUT2D eigenvalue weighted by atomic mass is 10.1. The van der Waals surface area contributed by atoms with Gasteiger partial charge < -0.3 is 19.9 Å². The number of hydrogen-bond acceptors (Lipinski definition) is 5. The summed E-state index contributed by atoms with van der Waals surface area (Å²) in [5.74, 6) is 0.527. The third-order valence-corrected chi connectivity index (χ3v) is 3.10. The zero-order chi connectivity index (χ0) is 18.4. The van der Waals surface area contributed by atoms with Gasteiger partial charge in [-0.3, -0.25) is 4.79 Å². The third-order valence-electron chi connectivity index (χ3n) is 3.10. The fourth-order valence-electron chi connectivity index (χ4n) is 1.97. The molecule has 0 saturated heterocycles. The largest absolute Gasteiger partial charge is 0.491 e. The molecule has 1 aromatic heterocycles. The molecule has 0 fully saturated rings. The average Bonchev–Trinajstić information content (AvgIpc) is 2.95. The van der Waals surface area contributed by atoms with Gasteiger partial charge in [-0.1, -0.05) is 12.1 Å². The number of anilines is 2. The molecule has 2 rings (SSSR count). The predicted octanol–water partition coefficient (Wildman–Crippen LogP) is 3.84. The Balaban J connectivity index is 2.08. The molecule has 0 aliphatic carbocycles. The van der Waals surface area contributed by atoms with Crippen molar-refractivity contribution in [3.05, 3.63) is 35.6 Å². The van der Waals surface area contributed by atoms with Crippen molar-refractivity contribution in [2.75, 3.05) is 23.8 Å². The number of ether oxygens (including phenoxy) is 1. The highest BCUT2D eigenvalue weighted by Gasteiger charge is 2.31. The molecule has 1 amide bonds. The lowest BCUT2D eigenvalue weighted by Gasteiger charge is -2.15. The van der Waals surface area contributed by atoms with Gasteiger partial charge in [0.15, 0.2) is 5.82 Å². The van der Waals surface area contributed by atoms with Gasteiger partial charge in [-0.25, -0.2) is 0 Å². The zero-order valence-electron chi connectivity index (χ0n) is 13.7. The Labute approximate surface area is 142 Å². The summed E-state index contributed by atoms with van der Waals surface area (Å²) in [6.07, 6.45) is -3.79. The van der Waals surface area contributed by atoms with Gasteiger partial charge in [0, 0.05) is 6.07 Å². The SMILES string of the molecule is CCCOc1ccc(C(F)(F)F)cc1NCC(=O)Nc1cc(C)on1. The summed E-state index contributed by atoms with van der Waals surface area (Å²) in [4.78, 5) is 11.9. The number of carbonyl (C=O) groups excluding carboxylic acids is 1. The molecule has 0 atom stereocenters. The van der Waals surface area contributed by atoms with Crippen LogP contribution in [0.15, 0.2) is 28.8 Å². The van der Waals surface area contributed by atoms with Crippen LogP contribution in [0.1, 0.15) is 24.7 Å². The molecule has 0 aliphatic rings. The van der Waals surface area contributed by atoms with E-state index in [0.29, 0.717) is 18.8 Å². The molecule has 0 saturated carbocycles. The number of alkyl halides is 3. The number of aryl methyl sites for hydroxylation is 1. The normalized spacial score (nSPS) is 11.2. The van der Waals surface area contributed by atoms with Gasteiger partial charge in [0.25, 0.3) is 0 Å². The highest BCUT2D eigenvalue weighted by atomic mass is 19.4. The quantitative estimate of drug-likeness (QED) is 0.787. The van der Waals surface area contributed by atoms with Gasteiger partial charge in [0.05, 0.1) is 24.4 Å². The van der Waals surface area contributed by atoms with E-state index < -0.39 is 17.6 Å². The molecule has 25 heavy (non-hydrogen) atoms. The van der Waals surface area contributed by atoms with Crippen LogP contribution in [0, 0.1) is 6.92 Å². The molecule has 0 spiro atoms. The van der Waals surface area contributed by atoms with Gasteiger partial charge in [-0.2, -0.15) is 13.2 Å². The van der Waals surface area contributed by atoms with E-state index in [0.717, 1.165) is 12.1 Å². The maximum absolute atomic E-state index is 12.9. The van der Waals surface area contributed by atoms with Crippen LogP contribution in [0.2, 0.25) is 0 Å². The maximum Gasteiger partial charge on any atom is 0.416 e. The Morgan fingerprint density at radius 2 is 2.08 bits per heavy atom. The Morgan fingerprint density at radius 3 is 2.68 bits per heavy atom. The maximum atomic E-state index is 12.9. The molecule has 136 valence electrons. The Kier molecular flexibility index (Phi) is 5.89. The van der Waals surface area contributed by atoms with Crippen LogP contribution in [0.3, 0.4) is 0 Å². The highest BCUT2D eigenvalue weighted by molar-refractivity contribution is 5.93. The number of carbonyl (C=O) groups is 1. The number of rotatable bonds is 7. The van der Waals surface area contributed by atoms with E-state index in [2.05, 4.69) is 15.8 Å². The lowest BCUT2D eigenvalue weighted by Crippen LogP contribution is -2.22. The predicted molar refractivity (Wildman–Crippen MR) is 85.6 cm³/mol. The molecular formula is C16H18F3N3O3. The van der Waals surface area contributed by atoms with E-state index in [1.165, 1.54) is 12.1 Å². The van der Waals surface area contributed by atoms with Crippen molar-refractivity contribution in [3.8, 4) is 5.75 Å². The number of nitrogens with zero attached hydrogens (tertiary/aromatic N) is 1. The second kappa shape index (κ2) is 7.91. The number of aromatic nitrogens is 1. The van der Waals surface area contributed by atoms with Gasteiger partial charge in [0.2, 0.25) is 5.91 Å². The summed E-state index contributed by atoms with van der Waals surface area (Å²) >= 11 is 0. The number of hydrogen-bond donors (Lipinski definition) is 2. The summed E-state index contributed by atoms with van der Waals surface area (Å²) in [5, 5.41) is 8.74. The monoisotopic (exact) mass is 357 g/mol. The van der Waals surface area contributed by atoms with Crippen LogP contribution in [0.5, 0.6) is 5.75 Å². The van der Waals surface area contributed by atoms with Crippen LogP contribution >= 0.6 is 0 Å². The second-order valence-corrected chi connectivity index (χ2v) is 5.28. The van der Waals surface area contributed by atoms with Crippen molar-refractivity contribution >= 4 is 17.4 Å². The van der Waals surface area contributed by atoms with Crippen molar-refractivity contribution in [1.29, 1.82) is 0 Å². The third kappa shape index (κ3) is 5.40. The molecule has 0 radical (unpaired) electrons. The van der Waals surface area contributed by atoms with Gasteiger partial charge in [-0.15, -0.1) is 0 Å². The minimum atomic E-state index is -4.49. The Bertz CT molecular complexity index is 729. The first-order chi connectivity index (χ1) is 11.8. The first kappa shape index (κ1) is 18.6. The van der Waals surface area contributed by atoms with Crippen molar-refractivity contribution in [2.45, 2.75) is 26.4 Å². The smallest absolute Gasteiger partial charge is 0.416 e. The van der Waals surface area contributed by atoms with Crippen molar-refractivity contribution in [3.63, 3.8) is 0 Å². The number of halogens is 3. The molecular weight excluding hydrogens is 339 g/mol. The van der Waals surface area contributed by atoms with Crippen LogP contribution in [-0.4, -0.2) is 24.2 Å². The van der Waals surface area contributed by atoms with Gasteiger partial charge in [-0.05, 0) is 31.5 Å². The average molecular weight is 357 g/mol. The summed E-state index contributed by atoms with van der Waals surface area (Å²) in [6.45, 7) is 3.64. The van der Waals surface area contributed by atoms with Crippen LogP contribution in [-0.2, 0) is 11.0 Å². The lowest BCUT2D eigenvalue weighted by molar-refractivity contribution is -0.137. The molecule has 9 heteroatoms. The van der Waals surface area contributed by atoms with E-state index in [-0.39, 0.29) is 23.8 Å². The van der Waals surface area contributed by atoms with E-state index in [4.69, 9.17) is 9.26 Å². The number of benzene rings is 1. The van der Waals surface area contributed by atoms with Crippen molar-refractivity contribution in [1.82, 2.24) is 5.16 Å². The molecule has 0 unspecified atom stereocenters. The first-order valence-corrected chi connectivity index (χ1v) is 7.60. The number of amides is 1. The van der Waals surface area contributed by atoms with Crippen molar-refractivity contribution < 1.29 is 27.2 Å². The fraction of sp³-hybridized carbons (Fsp3) is 0.375. The minimum absolute atomic E-state index is 0.0924. The Morgan fingerprint density at radius 1 is 1.32 bits per heavy atom. The highest BCUT2D eigenvalue weighted by Crippen LogP contribution is 2.35. The molecule has 1 heterocycles. The van der Waals surface area contributed by atoms with E-state index in [1.54, 1.807) is 6.92 Å².